The number of benzene rings is 4. The average molecular weight is 783 g/mol. The van der Waals surface area contributed by atoms with Gasteiger partial charge in [-0.1, -0.05) is 0 Å². The predicted octanol–water partition coefficient (Wildman–Crippen LogP) is 5.70. The van der Waals surface area contributed by atoms with Gasteiger partial charge in [0.2, 0.25) is 0 Å². The van der Waals surface area contributed by atoms with Crippen LogP contribution in [0.4, 0.5) is 0 Å². The maximum absolute atomic E-state index is 4.93. The van der Waals surface area contributed by atoms with Crippen molar-refractivity contribution in [2.45, 2.75) is 46.8 Å². The Kier molecular flexibility index (Phi) is 12.0. The topological polar surface area (TPSA) is 25.8 Å². The van der Waals surface area contributed by atoms with Crippen LogP contribution in [-0.4, -0.2) is 9.97 Å². The Morgan fingerprint density at radius 3 is 1.29 bits per heavy atom. The fraction of sp³-hybridized carbons (Fsp3) is 0.174. The molecule has 2 aromatic heterocycles. The molecule has 0 bridgehead atoms. The SMILES string of the molecule is CCCc1ccc(-c2cccc3c2C=C(c2ccccn2)[CH]3[Zr+2][CH]2C(c3ccccn3)=Cc3c(-c4ccc(CCC)cc4)cccc32)cc1.[Cl-].[Cl-]. The summed E-state index contributed by atoms with van der Waals surface area (Å²) in [6.07, 6.45) is 13.4. The number of rotatable bonds is 10. The second kappa shape index (κ2) is 16.6. The van der Waals surface area contributed by atoms with Gasteiger partial charge in [-0.25, -0.2) is 0 Å². The van der Waals surface area contributed by atoms with Gasteiger partial charge >= 0.3 is 304 Å². The molecule has 4 aromatic carbocycles. The zero-order chi connectivity index (χ0) is 33.2. The van der Waals surface area contributed by atoms with Crippen molar-refractivity contribution in [1.82, 2.24) is 9.97 Å². The number of hydrogen-bond acceptors (Lipinski definition) is 2. The number of aromatic nitrogens is 2. The molecule has 2 unspecified atom stereocenters. The normalized spacial score (nSPS) is 15.4. The van der Waals surface area contributed by atoms with Crippen LogP contribution in [0, 0.1) is 0 Å². The first-order chi connectivity index (χ1) is 24.2. The van der Waals surface area contributed by atoms with Crippen molar-refractivity contribution in [3.05, 3.63) is 178 Å². The second-order valence-electron chi connectivity index (χ2n) is 13.2. The number of nitrogens with zero attached hydrogens (tertiary/aromatic N) is 2. The van der Waals surface area contributed by atoms with Gasteiger partial charge in [0, 0.05) is 0 Å². The molecule has 252 valence electrons. The average Bonchev–Trinajstić information content (AvgIpc) is 3.72. The van der Waals surface area contributed by atoms with Gasteiger partial charge in [0.25, 0.3) is 0 Å². The van der Waals surface area contributed by atoms with Gasteiger partial charge in [-0.15, -0.1) is 0 Å². The Balaban J connectivity index is 0.00000224. The van der Waals surface area contributed by atoms with E-state index in [9.17, 15) is 0 Å². The van der Waals surface area contributed by atoms with Gasteiger partial charge in [0.05, 0.1) is 0 Å². The maximum Gasteiger partial charge on any atom is -1.00 e. The van der Waals surface area contributed by atoms with Crippen LogP contribution in [0.25, 0.3) is 45.6 Å². The molecule has 0 fully saturated rings. The van der Waals surface area contributed by atoms with Crippen LogP contribution in [-0.2, 0) is 36.1 Å². The Hall–Kier alpha value is -3.88. The van der Waals surface area contributed by atoms with Gasteiger partial charge in [-0.3, -0.25) is 0 Å². The van der Waals surface area contributed by atoms with Crippen molar-refractivity contribution < 1.29 is 48.0 Å². The molecule has 0 saturated carbocycles. The van der Waals surface area contributed by atoms with E-state index in [4.69, 9.17) is 9.97 Å². The van der Waals surface area contributed by atoms with Crippen molar-refractivity contribution >= 4 is 23.3 Å². The first kappa shape index (κ1) is 36.9. The van der Waals surface area contributed by atoms with Gasteiger partial charge < -0.3 is 24.8 Å². The summed E-state index contributed by atoms with van der Waals surface area (Å²) in [6.45, 7) is 4.49. The monoisotopic (exact) mass is 780 g/mol. The minimum atomic E-state index is -1.27. The summed E-state index contributed by atoms with van der Waals surface area (Å²) in [5.74, 6) is 0. The first-order valence-electron chi connectivity index (χ1n) is 17.7. The molecule has 2 heterocycles. The van der Waals surface area contributed by atoms with E-state index in [-0.39, 0.29) is 24.8 Å². The fourth-order valence-electron chi connectivity index (χ4n) is 7.62. The van der Waals surface area contributed by atoms with E-state index >= 15 is 0 Å². The molecule has 0 radical (unpaired) electrons. The zero-order valence-electron chi connectivity index (χ0n) is 29.0. The standard InChI is InChI=1S/2C23H20N.2ClH.Zr/c2*1-2-6-17-10-12-18(13-11-17)21-8-5-7-19-15-20(16-22(19)21)23-9-3-4-14-24-23;;;/h2*3-5,7-16H,2,6H2,1H3;2*1H;/q;;;;+2/p-2. The predicted molar refractivity (Wildman–Crippen MR) is 201 cm³/mol. The third kappa shape index (κ3) is 7.40. The van der Waals surface area contributed by atoms with Crippen LogP contribution in [0.1, 0.15) is 78.7 Å². The molecular formula is C46H40Cl2N2Zr. The molecular weight excluding hydrogens is 743 g/mol. The van der Waals surface area contributed by atoms with Crippen LogP contribution in [0.2, 0.25) is 0 Å². The molecule has 51 heavy (non-hydrogen) atoms. The summed E-state index contributed by atoms with van der Waals surface area (Å²) in [6, 6.07) is 45.1. The second-order valence-corrected chi connectivity index (χ2v) is 16.8. The van der Waals surface area contributed by atoms with E-state index in [1.54, 1.807) is 0 Å². The molecule has 2 aliphatic rings. The van der Waals surface area contributed by atoms with Crippen LogP contribution in [0.5, 0.6) is 0 Å². The Bertz CT molecular complexity index is 2000. The van der Waals surface area contributed by atoms with Crippen LogP contribution >= 0.6 is 0 Å². The van der Waals surface area contributed by atoms with Crippen LogP contribution in [0.3, 0.4) is 0 Å². The minimum Gasteiger partial charge on any atom is -1.00 e. The third-order valence-corrected chi connectivity index (χ3v) is 14.7. The van der Waals surface area contributed by atoms with E-state index in [1.165, 1.54) is 66.8 Å². The summed E-state index contributed by atoms with van der Waals surface area (Å²) >= 11 is -1.27. The summed E-state index contributed by atoms with van der Waals surface area (Å²) in [4.78, 5) is 9.86. The first-order valence-corrected chi connectivity index (χ1v) is 20.5. The number of halogens is 2. The third-order valence-electron chi connectivity index (χ3n) is 9.99. The van der Waals surface area contributed by atoms with Crippen molar-refractivity contribution in [1.29, 1.82) is 0 Å². The van der Waals surface area contributed by atoms with Crippen LogP contribution in [0.15, 0.2) is 134 Å². The molecule has 0 aliphatic heterocycles. The molecule has 0 N–H and O–H groups in total. The van der Waals surface area contributed by atoms with E-state index in [0.29, 0.717) is 7.25 Å². The molecule has 5 heteroatoms. The smallest absolute Gasteiger partial charge is 1.00 e. The van der Waals surface area contributed by atoms with E-state index in [2.05, 4.69) is 135 Å². The number of pyridine rings is 2. The molecule has 2 nitrogen and oxygen atoms in total. The summed E-state index contributed by atoms with van der Waals surface area (Å²) in [5, 5.41) is 0. The molecule has 2 atom stereocenters. The van der Waals surface area contributed by atoms with Crippen molar-refractivity contribution in [3.63, 3.8) is 0 Å². The maximum atomic E-state index is 4.93. The van der Waals surface area contributed by atoms with E-state index < -0.39 is 23.2 Å². The minimum absolute atomic E-state index is 0. The van der Waals surface area contributed by atoms with Crippen molar-refractivity contribution in [2.24, 2.45) is 0 Å². The Morgan fingerprint density at radius 1 is 0.490 bits per heavy atom. The van der Waals surface area contributed by atoms with Gasteiger partial charge in [0.1, 0.15) is 0 Å². The van der Waals surface area contributed by atoms with Gasteiger partial charge in [0.15, 0.2) is 0 Å². The molecule has 0 saturated heterocycles. The Morgan fingerprint density at radius 2 is 0.922 bits per heavy atom. The number of aryl methyl sites for hydroxylation is 2. The molecule has 0 amide bonds. The fourth-order valence-corrected chi connectivity index (χ4v) is 12.6. The van der Waals surface area contributed by atoms with Gasteiger partial charge in [-0.2, -0.15) is 0 Å². The number of allylic oxidation sites excluding steroid dienone is 2. The summed E-state index contributed by atoms with van der Waals surface area (Å²) in [7, 11) is 0. The summed E-state index contributed by atoms with van der Waals surface area (Å²) < 4.78 is 0.709. The molecule has 2 aliphatic carbocycles. The summed E-state index contributed by atoms with van der Waals surface area (Å²) in [5.41, 5.74) is 18.6. The van der Waals surface area contributed by atoms with Gasteiger partial charge in [-0.05, 0) is 0 Å². The molecule has 8 rings (SSSR count). The quantitative estimate of drug-likeness (QED) is 0.179. The molecule has 0 spiro atoms. The largest absolute Gasteiger partial charge is 1.00 e. The van der Waals surface area contributed by atoms with E-state index in [0.717, 1.165) is 37.1 Å². The Labute approximate surface area is 326 Å². The molecule has 6 aromatic rings. The number of fused-ring (bicyclic) bond motifs is 2. The zero-order valence-corrected chi connectivity index (χ0v) is 33.0. The van der Waals surface area contributed by atoms with Crippen molar-refractivity contribution in [3.8, 4) is 22.3 Å². The van der Waals surface area contributed by atoms with Crippen LogP contribution < -0.4 is 24.8 Å². The number of hydrogen-bond donors (Lipinski definition) is 0. The van der Waals surface area contributed by atoms with Crippen molar-refractivity contribution in [2.75, 3.05) is 0 Å². The van der Waals surface area contributed by atoms with E-state index in [1.807, 2.05) is 24.5 Å².